The zero-order valence-electron chi connectivity index (χ0n) is 10.8. The number of hydrogen-bond donors (Lipinski definition) is 1. The van der Waals surface area contributed by atoms with Crippen molar-refractivity contribution >= 4 is 16.5 Å². The van der Waals surface area contributed by atoms with Crippen molar-refractivity contribution in [3.8, 4) is 0 Å². The molecular formula is C12H18N2O3S. The zero-order chi connectivity index (χ0) is 13.7. The van der Waals surface area contributed by atoms with Gasteiger partial charge in [-0.05, 0) is 25.1 Å². The normalized spacial score (nSPS) is 14.4. The number of benzene rings is 1. The number of rotatable bonds is 6. The van der Waals surface area contributed by atoms with Crippen LogP contribution in [0.2, 0.25) is 0 Å². The molecule has 0 radical (unpaired) electrons. The van der Waals surface area contributed by atoms with E-state index in [-0.39, 0.29) is 11.7 Å². The molecule has 0 heterocycles. The smallest absolute Gasteiger partial charge is 0.269 e. The summed E-state index contributed by atoms with van der Waals surface area (Å²) in [4.78, 5) is 10.7. The fourth-order valence-electron chi connectivity index (χ4n) is 1.59. The maximum absolute atomic E-state index is 12.1. The number of nitro groups is 1. The first-order valence-corrected chi connectivity index (χ1v) is 7.07. The highest BCUT2D eigenvalue weighted by Crippen LogP contribution is 2.16. The van der Waals surface area contributed by atoms with Crippen LogP contribution in [-0.2, 0) is 10.8 Å². The third-order valence-corrected chi connectivity index (χ3v) is 4.28. The monoisotopic (exact) mass is 270 g/mol. The van der Waals surface area contributed by atoms with Crippen LogP contribution in [0.4, 0.5) is 5.69 Å². The van der Waals surface area contributed by atoms with Gasteiger partial charge in [0.25, 0.3) is 5.69 Å². The minimum absolute atomic E-state index is 0.0183. The molecule has 0 aromatic heterocycles. The van der Waals surface area contributed by atoms with E-state index in [1.165, 1.54) is 12.1 Å². The van der Waals surface area contributed by atoms with Crippen LogP contribution in [-0.4, -0.2) is 28.0 Å². The van der Waals surface area contributed by atoms with E-state index in [1.807, 2.05) is 7.05 Å². The summed E-state index contributed by atoms with van der Waals surface area (Å²) >= 11 is 0. The van der Waals surface area contributed by atoms with Crippen LogP contribution in [0.1, 0.15) is 13.8 Å². The van der Waals surface area contributed by atoms with Crippen molar-refractivity contribution in [2.75, 3.05) is 12.8 Å². The van der Waals surface area contributed by atoms with E-state index in [9.17, 15) is 14.3 Å². The molecule has 5 nitrogen and oxygen atoms in total. The molecule has 1 aromatic carbocycles. The molecule has 0 fully saturated rings. The van der Waals surface area contributed by atoms with Crippen LogP contribution in [0.5, 0.6) is 0 Å². The Labute approximate surface area is 109 Å². The third-order valence-electron chi connectivity index (χ3n) is 2.82. The van der Waals surface area contributed by atoms with Crippen LogP contribution in [0.25, 0.3) is 0 Å². The van der Waals surface area contributed by atoms with Crippen molar-refractivity contribution in [2.45, 2.75) is 24.8 Å². The van der Waals surface area contributed by atoms with E-state index in [0.717, 1.165) is 0 Å². The largest absolute Gasteiger partial charge is 0.316 e. The molecule has 0 aliphatic carbocycles. The molecule has 0 saturated heterocycles. The van der Waals surface area contributed by atoms with Gasteiger partial charge < -0.3 is 5.32 Å². The zero-order valence-corrected chi connectivity index (χ0v) is 11.6. The van der Waals surface area contributed by atoms with Crippen molar-refractivity contribution in [1.82, 2.24) is 5.32 Å². The van der Waals surface area contributed by atoms with E-state index in [2.05, 4.69) is 19.2 Å². The van der Waals surface area contributed by atoms with Gasteiger partial charge in [-0.15, -0.1) is 0 Å². The van der Waals surface area contributed by atoms with Gasteiger partial charge in [0, 0.05) is 28.8 Å². The summed E-state index contributed by atoms with van der Waals surface area (Å²) in [5.41, 5.74) is 0.0183. The summed E-state index contributed by atoms with van der Waals surface area (Å²) < 4.78 is 12.1. The number of nitrogens with one attached hydrogen (secondary N) is 1. The molecule has 1 N–H and O–H groups in total. The molecule has 0 bridgehead atoms. The molecule has 6 heteroatoms. The predicted molar refractivity (Wildman–Crippen MR) is 72.1 cm³/mol. The Kier molecular flexibility index (Phi) is 5.43. The molecule has 1 rings (SSSR count). The van der Waals surface area contributed by atoms with E-state index in [4.69, 9.17) is 0 Å². The highest BCUT2D eigenvalue weighted by atomic mass is 32.2. The van der Waals surface area contributed by atoms with Gasteiger partial charge in [0.2, 0.25) is 0 Å². The molecule has 0 amide bonds. The molecule has 0 spiro atoms. The third kappa shape index (κ3) is 3.89. The number of non-ortho nitro benzene ring substituents is 1. The van der Waals surface area contributed by atoms with Crippen molar-refractivity contribution in [3.05, 3.63) is 34.4 Å². The minimum Gasteiger partial charge on any atom is -0.316 e. The second-order valence-electron chi connectivity index (χ2n) is 4.40. The summed E-state index contributed by atoms with van der Waals surface area (Å²) in [5, 5.41) is 13.6. The van der Waals surface area contributed by atoms with Gasteiger partial charge >= 0.3 is 0 Å². The first-order chi connectivity index (χ1) is 8.45. The molecule has 0 aliphatic heterocycles. The van der Waals surface area contributed by atoms with E-state index < -0.39 is 15.7 Å². The van der Waals surface area contributed by atoms with Crippen LogP contribution in [0.3, 0.4) is 0 Å². The van der Waals surface area contributed by atoms with Gasteiger partial charge in [-0.3, -0.25) is 14.3 Å². The first-order valence-electron chi connectivity index (χ1n) is 5.75. The Hall–Kier alpha value is -1.27. The average molecular weight is 270 g/mol. The number of hydrogen-bond acceptors (Lipinski definition) is 4. The standard InChI is InChI=1S/C12H18N2O3S/c1-9(2)12(13-3)8-18(17)11-6-4-10(5-7-11)14(15)16/h4-7,9,12-13H,8H2,1-3H3. The van der Waals surface area contributed by atoms with Crippen molar-refractivity contribution < 1.29 is 9.13 Å². The van der Waals surface area contributed by atoms with Gasteiger partial charge in [0.05, 0.1) is 15.7 Å². The van der Waals surface area contributed by atoms with Gasteiger partial charge in [0.15, 0.2) is 0 Å². The number of nitro benzene ring substituents is 1. The Balaban J connectivity index is 2.75. The second-order valence-corrected chi connectivity index (χ2v) is 5.90. The predicted octanol–water partition coefficient (Wildman–Crippen LogP) is 1.95. The lowest BCUT2D eigenvalue weighted by Gasteiger charge is -2.19. The fraction of sp³-hybridized carbons (Fsp3) is 0.500. The second kappa shape index (κ2) is 6.61. The summed E-state index contributed by atoms with van der Waals surface area (Å²) in [6.07, 6.45) is 0. The molecule has 0 saturated carbocycles. The van der Waals surface area contributed by atoms with Gasteiger partial charge in [-0.2, -0.15) is 0 Å². The first kappa shape index (κ1) is 14.8. The van der Waals surface area contributed by atoms with Crippen LogP contribution in [0, 0.1) is 16.0 Å². The summed E-state index contributed by atoms with van der Waals surface area (Å²) in [7, 11) is 0.704. The van der Waals surface area contributed by atoms with Crippen LogP contribution in [0.15, 0.2) is 29.2 Å². The Morgan fingerprint density at radius 3 is 2.28 bits per heavy atom. The van der Waals surface area contributed by atoms with Crippen LogP contribution < -0.4 is 5.32 Å². The Bertz CT molecular complexity index is 431. The molecule has 2 atom stereocenters. The van der Waals surface area contributed by atoms with Crippen LogP contribution >= 0.6 is 0 Å². The quantitative estimate of drug-likeness (QED) is 0.633. The van der Waals surface area contributed by atoms with Gasteiger partial charge in [0.1, 0.15) is 0 Å². The summed E-state index contributed by atoms with van der Waals surface area (Å²) in [6.45, 7) is 4.13. The molecule has 18 heavy (non-hydrogen) atoms. The summed E-state index contributed by atoms with van der Waals surface area (Å²) in [6, 6.07) is 6.05. The lowest BCUT2D eigenvalue weighted by Crippen LogP contribution is -2.35. The fourth-order valence-corrected chi connectivity index (χ4v) is 3.10. The van der Waals surface area contributed by atoms with Crippen molar-refractivity contribution in [3.63, 3.8) is 0 Å². The lowest BCUT2D eigenvalue weighted by molar-refractivity contribution is -0.384. The van der Waals surface area contributed by atoms with Crippen molar-refractivity contribution in [2.24, 2.45) is 5.92 Å². The van der Waals surface area contributed by atoms with Gasteiger partial charge in [-0.1, -0.05) is 13.8 Å². The molecule has 2 unspecified atom stereocenters. The lowest BCUT2D eigenvalue weighted by atomic mass is 10.1. The Morgan fingerprint density at radius 2 is 1.89 bits per heavy atom. The average Bonchev–Trinajstić information content (AvgIpc) is 2.35. The topological polar surface area (TPSA) is 72.2 Å². The SMILES string of the molecule is CNC(CS(=O)c1ccc([N+](=O)[O-])cc1)C(C)C. The van der Waals surface area contributed by atoms with E-state index in [0.29, 0.717) is 16.6 Å². The molecular weight excluding hydrogens is 252 g/mol. The van der Waals surface area contributed by atoms with E-state index >= 15 is 0 Å². The maximum atomic E-state index is 12.1. The maximum Gasteiger partial charge on any atom is 0.269 e. The molecule has 100 valence electrons. The molecule has 1 aromatic rings. The molecule has 0 aliphatic rings. The number of nitrogens with zero attached hydrogens (tertiary/aromatic N) is 1. The van der Waals surface area contributed by atoms with E-state index in [1.54, 1.807) is 12.1 Å². The van der Waals surface area contributed by atoms with Gasteiger partial charge in [-0.25, -0.2) is 0 Å². The van der Waals surface area contributed by atoms with Crippen molar-refractivity contribution in [1.29, 1.82) is 0 Å². The summed E-state index contributed by atoms with van der Waals surface area (Å²) in [5.74, 6) is 0.892. The minimum atomic E-state index is -1.14. The highest BCUT2D eigenvalue weighted by Gasteiger charge is 2.16. The highest BCUT2D eigenvalue weighted by molar-refractivity contribution is 7.85. The Morgan fingerprint density at radius 1 is 1.33 bits per heavy atom.